The summed E-state index contributed by atoms with van der Waals surface area (Å²) in [5.41, 5.74) is 0.597. The molecule has 1 aromatic heterocycles. The van der Waals surface area contributed by atoms with Gasteiger partial charge in [-0.05, 0) is 33.4 Å². The summed E-state index contributed by atoms with van der Waals surface area (Å²) in [6.45, 7) is 0. The molecule has 0 aliphatic rings. The third-order valence-electron chi connectivity index (χ3n) is 1.78. The zero-order valence-electron chi connectivity index (χ0n) is 6.38. The number of benzene rings is 1. The molecule has 66 valence electrons. The van der Waals surface area contributed by atoms with Crippen molar-refractivity contribution in [3.05, 3.63) is 32.6 Å². The molecule has 0 bridgehead atoms. The van der Waals surface area contributed by atoms with E-state index in [0.29, 0.717) is 10.6 Å². The lowest BCUT2D eigenvalue weighted by atomic mass is 10.2. The van der Waals surface area contributed by atoms with Crippen LogP contribution in [0.15, 0.2) is 22.0 Å². The Kier molecular flexibility index (Phi) is 2.41. The fraction of sp³-hybridized carbons (Fsp3) is 0. The number of aldehydes is 1. The molecule has 1 nitrogen and oxygen atoms in total. The van der Waals surface area contributed by atoms with Gasteiger partial charge >= 0.3 is 0 Å². The maximum absolute atomic E-state index is 10.7. The van der Waals surface area contributed by atoms with Crippen molar-refractivity contribution in [3.63, 3.8) is 0 Å². The molecule has 2 rings (SSSR count). The van der Waals surface area contributed by atoms with Crippen LogP contribution in [-0.2, 0) is 0 Å². The number of hydrogen-bond donors (Lipinski definition) is 0. The molecule has 13 heavy (non-hydrogen) atoms. The van der Waals surface area contributed by atoms with Crippen LogP contribution in [0.1, 0.15) is 10.4 Å². The normalized spacial score (nSPS) is 10.6. The van der Waals surface area contributed by atoms with Crippen molar-refractivity contribution in [2.75, 3.05) is 0 Å². The molecule has 0 aliphatic heterocycles. The van der Waals surface area contributed by atoms with Gasteiger partial charge in [-0.15, -0.1) is 11.3 Å². The predicted molar refractivity (Wildman–Crippen MR) is 59.9 cm³/mol. The smallest absolute Gasteiger partial charge is 0.151 e. The standard InChI is InChI=1S/C9H4BrClOS/c10-8-5(4-12)3-7(11)6-1-2-13-9(6)8/h1-4H. The minimum atomic E-state index is 0.597. The van der Waals surface area contributed by atoms with Crippen LogP contribution in [0.3, 0.4) is 0 Å². The quantitative estimate of drug-likeness (QED) is 0.715. The Morgan fingerprint density at radius 2 is 2.31 bits per heavy atom. The van der Waals surface area contributed by atoms with Gasteiger partial charge in [0.2, 0.25) is 0 Å². The van der Waals surface area contributed by atoms with E-state index in [1.807, 2.05) is 11.4 Å². The van der Waals surface area contributed by atoms with Gasteiger partial charge in [0.1, 0.15) is 0 Å². The van der Waals surface area contributed by atoms with E-state index in [-0.39, 0.29) is 0 Å². The first-order chi connectivity index (χ1) is 6.24. The van der Waals surface area contributed by atoms with Gasteiger partial charge in [0.25, 0.3) is 0 Å². The van der Waals surface area contributed by atoms with Gasteiger partial charge in [0.15, 0.2) is 6.29 Å². The molecule has 2 aromatic rings. The molecule has 0 saturated heterocycles. The lowest BCUT2D eigenvalue weighted by Gasteiger charge is -2.00. The lowest BCUT2D eigenvalue weighted by molar-refractivity contribution is 0.112. The van der Waals surface area contributed by atoms with Crippen LogP contribution < -0.4 is 0 Å². The summed E-state index contributed by atoms with van der Waals surface area (Å²) in [5, 5.41) is 3.57. The molecule has 0 radical (unpaired) electrons. The monoisotopic (exact) mass is 274 g/mol. The number of thiophene rings is 1. The SMILES string of the molecule is O=Cc1cc(Cl)c2ccsc2c1Br. The number of hydrogen-bond acceptors (Lipinski definition) is 2. The molecule has 1 heterocycles. The number of carbonyl (C=O) groups is 1. The molecule has 0 aliphatic carbocycles. The largest absolute Gasteiger partial charge is 0.298 e. The maximum atomic E-state index is 10.7. The van der Waals surface area contributed by atoms with Crippen LogP contribution >= 0.6 is 38.9 Å². The Hall–Kier alpha value is -0.380. The molecular weight excluding hydrogens is 272 g/mol. The van der Waals surface area contributed by atoms with Crippen LogP contribution in [0.25, 0.3) is 10.1 Å². The minimum Gasteiger partial charge on any atom is -0.298 e. The molecule has 4 heteroatoms. The molecular formula is C9H4BrClOS. The third-order valence-corrected chi connectivity index (χ3v) is 4.15. The van der Waals surface area contributed by atoms with Crippen LogP contribution in [0.2, 0.25) is 5.02 Å². The second kappa shape index (κ2) is 3.40. The average molecular weight is 276 g/mol. The van der Waals surface area contributed by atoms with Crippen molar-refractivity contribution in [1.82, 2.24) is 0 Å². The van der Waals surface area contributed by atoms with Crippen LogP contribution in [-0.4, -0.2) is 6.29 Å². The summed E-state index contributed by atoms with van der Waals surface area (Å²) < 4.78 is 1.85. The maximum Gasteiger partial charge on any atom is 0.151 e. The van der Waals surface area contributed by atoms with E-state index in [0.717, 1.165) is 20.8 Å². The Morgan fingerprint density at radius 3 is 3.00 bits per heavy atom. The van der Waals surface area contributed by atoms with Gasteiger partial charge in [0.05, 0.1) is 9.72 Å². The first-order valence-corrected chi connectivity index (χ1v) is 5.59. The first kappa shape index (κ1) is 9.19. The van der Waals surface area contributed by atoms with Crippen molar-refractivity contribution < 1.29 is 4.79 Å². The highest BCUT2D eigenvalue weighted by molar-refractivity contribution is 9.10. The number of carbonyl (C=O) groups excluding carboxylic acids is 1. The molecule has 0 unspecified atom stereocenters. The van der Waals surface area contributed by atoms with Gasteiger partial charge in [-0.3, -0.25) is 4.79 Å². The summed E-state index contributed by atoms with van der Waals surface area (Å²) in [6.07, 6.45) is 0.801. The van der Waals surface area contributed by atoms with Crippen LogP contribution in [0.5, 0.6) is 0 Å². The van der Waals surface area contributed by atoms with E-state index in [2.05, 4.69) is 15.9 Å². The summed E-state index contributed by atoms with van der Waals surface area (Å²) >= 11 is 10.9. The molecule has 0 amide bonds. The van der Waals surface area contributed by atoms with E-state index in [1.54, 1.807) is 17.4 Å². The highest BCUT2D eigenvalue weighted by Crippen LogP contribution is 2.36. The number of rotatable bonds is 1. The fourth-order valence-corrected chi connectivity index (χ4v) is 3.06. The molecule has 0 atom stereocenters. The van der Waals surface area contributed by atoms with Crippen molar-refractivity contribution in [2.24, 2.45) is 0 Å². The van der Waals surface area contributed by atoms with Gasteiger partial charge in [-0.1, -0.05) is 11.6 Å². The molecule has 0 spiro atoms. The van der Waals surface area contributed by atoms with Gasteiger partial charge in [-0.2, -0.15) is 0 Å². The zero-order valence-corrected chi connectivity index (χ0v) is 9.54. The topological polar surface area (TPSA) is 17.1 Å². The molecule has 0 saturated carbocycles. The average Bonchev–Trinajstić information content (AvgIpc) is 2.60. The van der Waals surface area contributed by atoms with E-state index >= 15 is 0 Å². The first-order valence-electron chi connectivity index (χ1n) is 3.54. The van der Waals surface area contributed by atoms with E-state index in [9.17, 15) is 4.79 Å². The van der Waals surface area contributed by atoms with Crippen molar-refractivity contribution in [2.45, 2.75) is 0 Å². The Morgan fingerprint density at radius 1 is 1.54 bits per heavy atom. The van der Waals surface area contributed by atoms with E-state index in [1.165, 1.54) is 0 Å². The van der Waals surface area contributed by atoms with E-state index < -0.39 is 0 Å². The molecule has 0 fully saturated rings. The summed E-state index contributed by atoms with van der Waals surface area (Å²) in [6, 6.07) is 3.62. The molecule has 1 aromatic carbocycles. The summed E-state index contributed by atoms with van der Waals surface area (Å²) in [5.74, 6) is 0. The summed E-state index contributed by atoms with van der Waals surface area (Å²) in [7, 11) is 0. The number of halogens is 2. The Balaban J connectivity index is 2.93. The third kappa shape index (κ3) is 1.41. The highest BCUT2D eigenvalue weighted by Gasteiger charge is 2.09. The Bertz CT molecular complexity index is 478. The highest BCUT2D eigenvalue weighted by atomic mass is 79.9. The summed E-state index contributed by atoms with van der Waals surface area (Å²) in [4.78, 5) is 10.7. The van der Waals surface area contributed by atoms with Gasteiger partial charge in [-0.25, -0.2) is 0 Å². The van der Waals surface area contributed by atoms with Gasteiger partial charge in [0, 0.05) is 15.4 Å². The number of fused-ring (bicyclic) bond motifs is 1. The lowest BCUT2D eigenvalue weighted by Crippen LogP contribution is -1.82. The van der Waals surface area contributed by atoms with Crippen molar-refractivity contribution in [1.29, 1.82) is 0 Å². The zero-order chi connectivity index (χ0) is 9.42. The van der Waals surface area contributed by atoms with E-state index in [4.69, 9.17) is 11.6 Å². The second-order valence-electron chi connectivity index (χ2n) is 2.54. The van der Waals surface area contributed by atoms with Gasteiger partial charge < -0.3 is 0 Å². The minimum absolute atomic E-state index is 0.597. The fourth-order valence-electron chi connectivity index (χ4n) is 1.16. The van der Waals surface area contributed by atoms with Crippen molar-refractivity contribution >= 4 is 55.2 Å². The predicted octanol–water partition coefficient (Wildman–Crippen LogP) is 4.13. The Labute approximate surface area is 92.5 Å². The van der Waals surface area contributed by atoms with Crippen LogP contribution in [0, 0.1) is 0 Å². The van der Waals surface area contributed by atoms with Crippen LogP contribution in [0.4, 0.5) is 0 Å². The second-order valence-corrected chi connectivity index (χ2v) is 4.66. The molecule has 0 N–H and O–H groups in total. The van der Waals surface area contributed by atoms with Crippen molar-refractivity contribution in [3.8, 4) is 0 Å².